The smallest absolute Gasteiger partial charge is 0.217 e. The Hall–Kier alpha value is -1.27. The predicted octanol–water partition coefficient (Wildman–Crippen LogP) is 1.47. The van der Waals surface area contributed by atoms with Gasteiger partial charge in [0.25, 0.3) is 0 Å². The van der Waals surface area contributed by atoms with Crippen LogP contribution in [-0.4, -0.2) is 26.3 Å². The van der Waals surface area contributed by atoms with E-state index in [1.807, 2.05) is 10.8 Å². The fourth-order valence-electron chi connectivity index (χ4n) is 1.26. The molecule has 0 saturated heterocycles. The molecule has 86 valence electrons. The third-order valence-corrected chi connectivity index (χ3v) is 2.95. The van der Waals surface area contributed by atoms with Gasteiger partial charge in [-0.1, -0.05) is 25.2 Å². The van der Waals surface area contributed by atoms with Gasteiger partial charge in [-0.15, -0.1) is 10.2 Å². The van der Waals surface area contributed by atoms with E-state index in [9.17, 15) is 0 Å². The van der Waals surface area contributed by atoms with E-state index < -0.39 is 0 Å². The summed E-state index contributed by atoms with van der Waals surface area (Å²) in [6.07, 6.45) is 5.33. The Morgan fingerprint density at radius 2 is 2.31 bits per heavy atom. The Labute approximate surface area is 98.5 Å². The van der Waals surface area contributed by atoms with Gasteiger partial charge in [0.2, 0.25) is 5.13 Å². The Morgan fingerprint density at radius 1 is 1.44 bits per heavy atom. The first kappa shape index (κ1) is 11.2. The van der Waals surface area contributed by atoms with E-state index in [4.69, 9.17) is 0 Å². The molecule has 0 spiro atoms. The second-order valence-electron chi connectivity index (χ2n) is 3.97. The van der Waals surface area contributed by atoms with Crippen molar-refractivity contribution < 1.29 is 0 Å². The summed E-state index contributed by atoms with van der Waals surface area (Å²) in [5, 5.41) is 13.4. The molecule has 0 fully saturated rings. The maximum Gasteiger partial charge on any atom is 0.217 e. The van der Waals surface area contributed by atoms with E-state index >= 15 is 0 Å². The number of nitrogens with zero attached hydrogens (tertiary/aromatic N) is 4. The van der Waals surface area contributed by atoms with Crippen LogP contribution in [0.25, 0.3) is 5.13 Å². The summed E-state index contributed by atoms with van der Waals surface area (Å²) >= 11 is 1.58. The molecule has 2 heterocycles. The van der Waals surface area contributed by atoms with Gasteiger partial charge in [0, 0.05) is 18.9 Å². The van der Waals surface area contributed by atoms with Crippen LogP contribution in [0.2, 0.25) is 0 Å². The fraction of sp³-hybridized carbons (Fsp3) is 0.500. The summed E-state index contributed by atoms with van der Waals surface area (Å²) in [5.41, 5.74) is 0. The van der Waals surface area contributed by atoms with E-state index in [2.05, 4.69) is 34.3 Å². The quantitative estimate of drug-likeness (QED) is 0.855. The third-order valence-electron chi connectivity index (χ3n) is 2.01. The molecular formula is C10H15N5S. The van der Waals surface area contributed by atoms with Crippen LogP contribution in [0.4, 0.5) is 0 Å². The molecule has 5 nitrogen and oxygen atoms in total. The van der Waals surface area contributed by atoms with Gasteiger partial charge in [0.15, 0.2) is 0 Å². The zero-order chi connectivity index (χ0) is 11.4. The summed E-state index contributed by atoms with van der Waals surface area (Å²) < 4.78 is 1.86. The number of imidazole rings is 1. The van der Waals surface area contributed by atoms with Gasteiger partial charge in [-0.3, -0.25) is 4.57 Å². The van der Waals surface area contributed by atoms with Gasteiger partial charge in [-0.05, 0) is 12.5 Å². The summed E-state index contributed by atoms with van der Waals surface area (Å²) in [6, 6.07) is 0. The molecule has 0 aromatic carbocycles. The van der Waals surface area contributed by atoms with Crippen molar-refractivity contribution in [3.05, 3.63) is 23.7 Å². The molecule has 0 radical (unpaired) electrons. The van der Waals surface area contributed by atoms with Crippen molar-refractivity contribution in [1.29, 1.82) is 0 Å². The first-order valence-electron chi connectivity index (χ1n) is 5.27. The zero-order valence-corrected chi connectivity index (χ0v) is 10.2. The Bertz CT molecular complexity index is 420. The summed E-state index contributed by atoms with van der Waals surface area (Å²) in [7, 11) is 0. The molecule has 0 bridgehead atoms. The summed E-state index contributed by atoms with van der Waals surface area (Å²) in [5.74, 6) is 0.654. The van der Waals surface area contributed by atoms with Gasteiger partial charge < -0.3 is 5.32 Å². The number of hydrogen-bond acceptors (Lipinski definition) is 5. The molecule has 6 heteroatoms. The molecule has 2 aromatic heterocycles. The van der Waals surface area contributed by atoms with E-state index in [1.54, 1.807) is 23.9 Å². The number of nitrogens with one attached hydrogen (secondary N) is 1. The minimum atomic E-state index is 0.654. The van der Waals surface area contributed by atoms with Crippen LogP contribution in [0.5, 0.6) is 0 Å². The average molecular weight is 237 g/mol. The van der Waals surface area contributed by atoms with Crippen molar-refractivity contribution in [1.82, 2.24) is 25.1 Å². The van der Waals surface area contributed by atoms with Gasteiger partial charge >= 0.3 is 0 Å². The van der Waals surface area contributed by atoms with Crippen LogP contribution in [0.1, 0.15) is 18.9 Å². The molecular weight excluding hydrogens is 222 g/mol. The number of hydrogen-bond donors (Lipinski definition) is 1. The largest absolute Gasteiger partial charge is 0.310 e. The number of aromatic nitrogens is 4. The first-order chi connectivity index (χ1) is 7.75. The summed E-state index contributed by atoms with van der Waals surface area (Å²) in [4.78, 5) is 3.98. The van der Waals surface area contributed by atoms with E-state index in [-0.39, 0.29) is 0 Å². The lowest BCUT2D eigenvalue weighted by Crippen LogP contribution is -2.18. The normalized spacial score (nSPS) is 11.2. The highest BCUT2D eigenvalue weighted by Crippen LogP contribution is 2.13. The van der Waals surface area contributed by atoms with Crippen LogP contribution in [0.15, 0.2) is 18.7 Å². The van der Waals surface area contributed by atoms with E-state index in [1.165, 1.54) is 0 Å². The monoisotopic (exact) mass is 237 g/mol. The highest BCUT2D eigenvalue weighted by atomic mass is 32.1. The van der Waals surface area contributed by atoms with E-state index in [0.717, 1.165) is 23.2 Å². The SMILES string of the molecule is CC(C)CNCc1nnc(-n2ccnc2)s1. The lowest BCUT2D eigenvalue weighted by Gasteiger charge is -2.03. The molecule has 16 heavy (non-hydrogen) atoms. The lowest BCUT2D eigenvalue weighted by atomic mass is 10.2. The molecule has 0 atom stereocenters. The molecule has 0 unspecified atom stereocenters. The summed E-state index contributed by atoms with van der Waals surface area (Å²) in [6.45, 7) is 6.15. The van der Waals surface area contributed by atoms with Crippen molar-refractivity contribution in [2.75, 3.05) is 6.54 Å². The van der Waals surface area contributed by atoms with Crippen LogP contribution in [0.3, 0.4) is 0 Å². The van der Waals surface area contributed by atoms with Gasteiger partial charge in [0.05, 0.1) is 0 Å². The van der Waals surface area contributed by atoms with Crippen LogP contribution in [0, 0.1) is 5.92 Å². The van der Waals surface area contributed by atoms with Crippen molar-refractivity contribution in [3.8, 4) is 5.13 Å². The van der Waals surface area contributed by atoms with Crippen LogP contribution >= 0.6 is 11.3 Å². The van der Waals surface area contributed by atoms with Crippen molar-refractivity contribution in [2.45, 2.75) is 20.4 Å². The molecule has 0 amide bonds. The molecule has 0 aliphatic carbocycles. The Balaban J connectivity index is 1.93. The fourth-order valence-corrected chi connectivity index (χ4v) is 2.02. The average Bonchev–Trinajstić information content (AvgIpc) is 2.85. The maximum absolute atomic E-state index is 4.13. The van der Waals surface area contributed by atoms with Crippen molar-refractivity contribution >= 4 is 11.3 Å². The zero-order valence-electron chi connectivity index (χ0n) is 9.42. The minimum Gasteiger partial charge on any atom is -0.310 e. The maximum atomic E-state index is 4.13. The van der Waals surface area contributed by atoms with Crippen LogP contribution in [-0.2, 0) is 6.54 Å². The van der Waals surface area contributed by atoms with Gasteiger partial charge in [-0.25, -0.2) is 4.98 Å². The molecule has 0 aliphatic rings. The molecule has 2 aromatic rings. The number of rotatable bonds is 5. The van der Waals surface area contributed by atoms with Gasteiger partial charge in [-0.2, -0.15) is 0 Å². The second-order valence-corrected chi connectivity index (χ2v) is 5.01. The molecule has 0 aliphatic heterocycles. The van der Waals surface area contributed by atoms with Gasteiger partial charge in [0.1, 0.15) is 11.3 Å². The first-order valence-corrected chi connectivity index (χ1v) is 6.09. The highest BCUT2D eigenvalue weighted by Gasteiger charge is 2.05. The highest BCUT2D eigenvalue weighted by molar-refractivity contribution is 7.13. The van der Waals surface area contributed by atoms with Crippen LogP contribution < -0.4 is 5.32 Å². The van der Waals surface area contributed by atoms with E-state index in [0.29, 0.717) is 5.92 Å². The molecule has 0 saturated carbocycles. The standard InChI is InChI=1S/C10H15N5S/c1-8(2)5-12-6-9-13-14-10(16-9)15-4-3-11-7-15/h3-4,7-8,12H,5-6H2,1-2H3. The van der Waals surface area contributed by atoms with Crippen molar-refractivity contribution in [2.24, 2.45) is 5.92 Å². The molecule has 2 rings (SSSR count). The lowest BCUT2D eigenvalue weighted by molar-refractivity contribution is 0.550. The van der Waals surface area contributed by atoms with Crippen molar-refractivity contribution in [3.63, 3.8) is 0 Å². The topological polar surface area (TPSA) is 55.6 Å². The molecule has 1 N–H and O–H groups in total. The Morgan fingerprint density at radius 3 is 3.00 bits per heavy atom. The minimum absolute atomic E-state index is 0.654. The second kappa shape index (κ2) is 5.18. The predicted molar refractivity (Wildman–Crippen MR) is 63.6 cm³/mol. The Kier molecular flexibility index (Phi) is 3.63. The third kappa shape index (κ3) is 2.86.